The molecule has 2 aromatic rings. The maximum absolute atomic E-state index is 12.1. The van der Waals surface area contributed by atoms with Crippen LogP contribution >= 0.6 is 0 Å². The number of carbonyl (C=O) groups excluding carboxylic acids is 2. The van der Waals surface area contributed by atoms with E-state index in [1.165, 1.54) is 12.0 Å². The summed E-state index contributed by atoms with van der Waals surface area (Å²) in [6, 6.07) is 11.2. The minimum atomic E-state index is -0.456. The minimum absolute atomic E-state index is 0.0189. The number of methoxy groups -OCH3 is 1. The number of aryl methyl sites for hydroxylation is 1. The number of ether oxygens (including phenoxy) is 2. The first-order valence-electron chi connectivity index (χ1n) is 7.54. The SMILES string of the molecule is COC(=O)c1cc(CN(C)C(=O)COCc2ccccc2)oc1C. The highest BCUT2D eigenvalue weighted by Crippen LogP contribution is 2.17. The zero-order valence-corrected chi connectivity index (χ0v) is 14.1. The van der Waals surface area contributed by atoms with Gasteiger partial charge in [0, 0.05) is 7.05 Å². The van der Waals surface area contributed by atoms with Crippen molar-refractivity contribution in [3.63, 3.8) is 0 Å². The standard InChI is InChI=1S/C18H21NO5/c1-13-16(18(21)22-3)9-15(24-13)10-19(2)17(20)12-23-11-14-7-5-4-6-8-14/h4-9H,10-12H2,1-3H3. The Morgan fingerprint density at radius 2 is 1.92 bits per heavy atom. The summed E-state index contributed by atoms with van der Waals surface area (Å²) >= 11 is 0. The van der Waals surface area contributed by atoms with Gasteiger partial charge in [0.2, 0.25) is 5.91 Å². The number of likely N-dealkylation sites (N-methyl/N-ethyl adjacent to an activating group) is 1. The van der Waals surface area contributed by atoms with Crippen molar-refractivity contribution in [3.05, 3.63) is 59.0 Å². The Morgan fingerprint density at radius 1 is 1.21 bits per heavy atom. The molecule has 128 valence electrons. The molecule has 6 heteroatoms. The van der Waals surface area contributed by atoms with E-state index in [1.807, 2.05) is 30.3 Å². The van der Waals surface area contributed by atoms with E-state index < -0.39 is 5.97 Å². The second-order valence-electron chi connectivity index (χ2n) is 5.40. The first-order valence-corrected chi connectivity index (χ1v) is 7.54. The van der Waals surface area contributed by atoms with E-state index in [0.717, 1.165) is 5.56 Å². The van der Waals surface area contributed by atoms with Gasteiger partial charge in [0.05, 0.1) is 20.3 Å². The number of hydrogen-bond acceptors (Lipinski definition) is 5. The van der Waals surface area contributed by atoms with E-state index in [-0.39, 0.29) is 19.1 Å². The fraction of sp³-hybridized carbons (Fsp3) is 0.333. The number of carbonyl (C=O) groups is 2. The predicted octanol–water partition coefficient (Wildman–Crippen LogP) is 2.55. The van der Waals surface area contributed by atoms with Crippen molar-refractivity contribution in [1.82, 2.24) is 4.90 Å². The molecular weight excluding hydrogens is 310 g/mol. The van der Waals surface area contributed by atoms with Crippen molar-refractivity contribution in [3.8, 4) is 0 Å². The van der Waals surface area contributed by atoms with E-state index in [2.05, 4.69) is 4.74 Å². The predicted molar refractivity (Wildman–Crippen MR) is 87.4 cm³/mol. The van der Waals surface area contributed by atoms with E-state index >= 15 is 0 Å². The normalized spacial score (nSPS) is 10.5. The third kappa shape index (κ3) is 4.70. The van der Waals surface area contributed by atoms with Gasteiger partial charge in [-0.15, -0.1) is 0 Å². The highest BCUT2D eigenvalue weighted by molar-refractivity contribution is 5.90. The summed E-state index contributed by atoms with van der Waals surface area (Å²) in [5.41, 5.74) is 1.38. The molecular formula is C18H21NO5. The molecule has 0 spiro atoms. The Hall–Kier alpha value is -2.60. The second kappa shape index (κ2) is 8.31. The highest BCUT2D eigenvalue weighted by atomic mass is 16.5. The topological polar surface area (TPSA) is 69.0 Å². The van der Waals surface area contributed by atoms with Crippen molar-refractivity contribution in [2.75, 3.05) is 20.8 Å². The Kier molecular flexibility index (Phi) is 6.14. The Morgan fingerprint density at radius 3 is 2.58 bits per heavy atom. The summed E-state index contributed by atoms with van der Waals surface area (Å²) in [5, 5.41) is 0. The van der Waals surface area contributed by atoms with Gasteiger partial charge in [-0.2, -0.15) is 0 Å². The molecule has 0 aliphatic rings. The lowest BCUT2D eigenvalue weighted by Gasteiger charge is -2.15. The Bertz CT molecular complexity index is 693. The molecule has 0 atom stereocenters. The molecule has 6 nitrogen and oxygen atoms in total. The maximum atomic E-state index is 12.1. The molecule has 0 N–H and O–H groups in total. The first kappa shape index (κ1) is 17.7. The van der Waals surface area contributed by atoms with Crippen LogP contribution in [0.4, 0.5) is 0 Å². The summed E-state index contributed by atoms with van der Waals surface area (Å²) in [6.45, 7) is 2.30. The van der Waals surface area contributed by atoms with Crippen molar-refractivity contribution < 1.29 is 23.5 Å². The number of hydrogen-bond donors (Lipinski definition) is 0. The van der Waals surface area contributed by atoms with Crippen molar-refractivity contribution in [2.24, 2.45) is 0 Å². The van der Waals surface area contributed by atoms with Crippen LogP contribution in [0.2, 0.25) is 0 Å². The van der Waals surface area contributed by atoms with Gasteiger partial charge < -0.3 is 18.8 Å². The van der Waals surface area contributed by atoms with Crippen LogP contribution in [0, 0.1) is 6.92 Å². The molecule has 1 aromatic heterocycles. The lowest BCUT2D eigenvalue weighted by atomic mass is 10.2. The lowest BCUT2D eigenvalue weighted by Crippen LogP contribution is -2.29. The van der Waals surface area contributed by atoms with Crippen LogP contribution < -0.4 is 0 Å². The first-order chi connectivity index (χ1) is 11.5. The van der Waals surface area contributed by atoms with Crippen LogP contribution in [0.1, 0.15) is 27.4 Å². The molecule has 0 radical (unpaired) electrons. The molecule has 0 saturated heterocycles. The molecule has 1 aromatic carbocycles. The Balaban J connectivity index is 1.84. The number of esters is 1. The zero-order valence-electron chi connectivity index (χ0n) is 14.1. The van der Waals surface area contributed by atoms with E-state index in [1.54, 1.807) is 20.0 Å². The summed E-state index contributed by atoms with van der Waals surface area (Å²) < 4.78 is 15.6. The number of nitrogens with zero attached hydrogens (tertiary/aromatic N) is 1. The molecule has 1 heterocycles. The molecule has 0 unspecified atom stereocenters. The fourth-order valence-corrected chi connectivity index (χ4v) is 2.20. The molecule has 0 saturated carbocycles. The van der Waals surface area contributed by atoms with E-state index in [4.69, 9.17) is 9.15 Å². The van der Waals surface area contributed by atoms with Gasteiger partial charge in [-0.3, -0.25) is 4.79 Å². The van der Waals surface area contributed by atoms with Crippen LogP contribution in [0.3, 0.4) is 0 Å². The van der Waals surface area contributed by atoms with Crippen molar-refractivity contribution >= 4 is 11.9 Å². The van der Waals surface area contributed by atoms with E-state index in [9.17, 15) is 9.59 Å². The van der Waals surface area contributed by atoms with Crippen LogP contribution in [-0.2, 0) is 27.4 Å². The molecule has 24 heavy (non-hydrogen) atoms. The van der Waals surface area contributed by atoms with Crippen LogP contribution in [-0.4, -0.2) is 37.5 Å². The van der Waals surface area contributed by atoms with Gasteiger partial charge >= 0.3 is 5.97 Å². The van der Waals surface area contributed by atoms with E-state index in [0.29, 0.717) is 23.7 Å². The third-order valence-corrected chi connectivity index (χ3v) is 3.53. The summed E-state index contributed by atoms with van der Waals surface area (Å²) in [7, 11) is 2.97. The van der Waals surface area contributed by atoms with Crippen molar-refractivity contribution in [2.45, 2.75) is 20.1 Å². The van der Waals surface area contributed by atoms with Gasteiger partial charge in [0.15, 0.2) is 0 Å². The molecule has 0 aliphatic heterocycles. The average molecular weight is 331 g/mol. The van der Waals surface area contributed by atoms with Gasteiger partial charge in [0.1, 0.15) is 23.7 Å². The lowest BCUT2D eigenvalue weighted by molar-refractivity contribution is -0.136. The van der Waals surface area contributed by atoms with Gasteiger partial charge in [-0.25, -0.2) is 4.79 Å². The smallest absolute Gasteiger partial charge is 0.341 e. The quantitative estimate of drug-likeness (QED) is 0.729. The minimum Gasteiger partial charge on any atom is -0.465 e. The monoisotopic (exact) mass is 331 g/mol. The van der Waals surface area contributed by atoms with Crippen molar-refractivity contribution in [1.29, 1.82) is 0 Å². The summed E-state index contributed by atoms with van der Waals surface area (Å²) in [4.78, 5) is 25.1. The van der Waals surface area contributed by atoms with Crippen LogP contribution in [0.15, 0.2) is 40.8 Å². The molecule has 1 amide bonds. The fourth-order valence-electron chi connectivity index (χ4n) is 2.20. The van der Waals surface area contributed by atoms with Crippen LogP contribution in [0.25, 0.3) is 0 Å². The number of rotatable bonds is 7. The maximum Gasteiger partial charge on any atom is 0.341 e. The average Bonchev–Trinajstić information content (AvgIpc) is 2.95. The molecule has 0 bridgehead atoms. The molecule has 2 rings (SSSR count). The zero-order chi connectivity index (χ0) is 17.5. The number of furan rings is 1. The number of benzene rings is 1. The molecule has 0 fully saturated rings. The summed E-state index contributed by atoms with van der Waals surface area (Å²) in [5.74, 6) is 0.368. The van der Waals surface area contributed by atoms with Gasteiger partial charge in [-0.1, -0.05) is 30.3 Å². The largest absolute Gasteiger partial charge is 0.465 e. The Labute approximate surface area is 141 Å². The van der Waals surface area contributed by atoms with Crippen LogP contribution in [0.5, 0.6) is 0 Å². The second-order valence-corrected chi connectivity index (χ2v) is 5.40. The third-order valence-electron chi connectivity index (χ3n) is 3.53. The number of amides is 1. The molecule has 0 aliphatic carbocycles. The highest BCUT2D eigenvalue weighted by Gasteiger charge is 2.18. The van der Waals surface area contributed by atoms with Gasteiger partial charge in [-0.05, 0) is 18.6 Å². The van der Waals surface area contributed by atoms with Gasteiger partial charge in [0.25, 0.3) is 0 Å². The summed E-state index contributed by atoms with van der Waals surface area (Å²) in [6.07, 6.45) is 0.